The van der Waals surface area contributed by atoms with Gasteiger partial charge < -0.3 is 30.0 Å². The summed E-state index contributed by atoms with van der Waals surface area (Å²) in [6.07, 6.45) is -8.17. The highest BCUT2D eigenvalue weighted by atomic mass is 16.5. The van der Waals surface area contributed by atoms with Crippen LogP contribution in [-0.2, 0) is 14.3 Å². The number of methoxy groups -OCH3 is 1. The van der Waals surface area contributed by atoms with Crippen molar-refractivity contribution in [2.75, 3.05) is 7.09 Å². The molecule has 4 N–H and O–H groups in total. The fraction of sp³-hybridized carbons (Fsp3) is 0.714. The number of hydrogen-bond donors (Lipinski definition) is 4. The zero-order chi connectivity index (χ0) is 12.0. The number of hydrogen-bond acceptors (Lipinski definition) is 7. The summed E-state index contributed by atoms with van der Waals surface area (Å²) < 4.78 is 10.5. The smallest absolute Gasteiger partial charge is 0.337 e. The van der Waals surface area contributed by atoms with Crippen LogP contribution >= 0.6 is 0 Å². The SMILES string of the molecule is [2H]COC(=O)[C@@H](O)[C@@H](O)[C@H](O)[C@@H](O)C=O. The molecule has 0 spiro atoms. The van der Waals surface area contributed by atoms with E-state index in [1.165, 1.54) is 0 Å². The fourth-order valence-corrected chi connectivity index (χ4v) is 0.694. The van der Waals surface area contributed by atoms with E-state index >= 15 is 0 Å². The van der Waals surface area contributed by atoms with Crippen LogP contribution in [-0.4, -0.2) is 64.2 Å². The zero-order valence-corrected chi connectivity index (χ0v) is 7.11. The fourth-order valence-electron chi connectivity index (χ4n) is 0.694. The Bertz CT molecular complexity index is 221. The van der Waals surface area contributed by atoms with Gasteiger partial charge in [0.05, 0.1) is 8.46 Å². The second-order valence-electron chi connectivity index (χ2n) is 2.52. The molecular formula is C7H12O7. The lowest BCUT2D eigenvalue weighted by Gasteiger charge is -2.22. The summed E-state index contributed by atoms with van der Waals surface area (Å²) in [6.45, 7) is 0. The van der Waals surface area contributed by atoms with Gasteiger partial charge in [0, 0.05) is 0 Å². The van der Waals surface area contributed by atoms with Gasteiger partial charge in [-0.05, 0) is 0 Å². The largest absolute Gasteiger partial charge is 0.467 e. The van der Waals surface area contributed by atoms with Crippen LogP contribution in [0.15, 0.2) is 0 Å². The maximum Gasteiger partial charge on any atom is 0.337 e. The van der Waals surface area contributed by atoms with E-state index in [1.54, 1.807) is 0 Å². The van der Waals surface area contributed by atoms with Crippen LogP contribution < -0.4 is 0 Å². The van der Waals surface area contributed by atoms with Crippen LogP contribution in [0.25, 0.3) is 0 Å². The van der Waals surface area contributed by atoms with E-state index in [2.05, 4.69) is 4.74 Å². The standard InChI is InChI=1S/C7H12O7/c1-14-7(13)6(12)5(11)4(10)3(9)2-8/h2-6,9-12H,1H3/t3-,4+,5-,6-/m0/s1/i1D. The molecule has 0 saturated heterocycles. The molecule has 0 rings (SSSR count). The maximum absolute atomic E-state index is 10.8. The number of esters is 1. The van der Waals surface area contributed by atoms with Crippen LogP contribution in [0.1, 0.15) is 1.37 Å². The van der Waals surface area contributed by atoms with Gasteiger partial charge in [0.2, 0.25) is 0 Å². The molecule has 0 radical (unpaired) electrons. The Morgan fingerprint density at radius 1 is 1.36 bits per heavy atom. The number of aliphatic hydroxyl groups excluding tert-OH is 4. The molecule has 0 aliphatic heterocycles. The highest BCUT2D eigenvalue weighted by molar-refractivity contribution is 5.75. The van der Waals surface area contributed by atoms with Gasteiger partial charge in [0.15, 0.2) is 12.4 Å². The first-order chi connectivity index (χ1) is 6.95. The lowest BCUT2D eigenvalue weighted by molar-refractivity contribution is -0.166. The Hall–Kier alpha value is -1.02. The highest BCUT2D eigenvalue weighted by Crippen LogP contribution is 2.05. The predicted molar refractivity (Wildman–Crippen MR) is 42.1 cm³/mol. The Morgan fingerprint density at radius 2 is 1.93 bits per heavy atom. The number of carbonyl (C=O) groups excluding carboxylic acids is 2. The molecule has 0 saturated carbocycles. The van der Waals surface area contributed by atoms with E-state index in [0.717, 1.165) is 0 Å². The van der Waals surface area contributed by atoms with Gasteiger partial charge in [-0.2, -0.15) is 0 Å². The van der Waals surface area contributed by atoms with E-state index in [4.69, 9.17) is 21.8 Å². The minimum absolute atomic E-state index is 0.0591. The summed E-state index contributed by atoms with van der Waals surface area (Å²) in [5, 5.41) is 35.9. The molecule has 0 amide bonds. The van der Waals surface area contributed by atoms with Gasteiger partial charge in [0.1, 0.15) is 18.3 Å². The lowest BCUT2D eigenvalue weighted by atomic mass is 10.0. The molecular weight excluding hydrogens is 196 g/mol. The summed E-state index contributed by atoms with van der Waals surface area (Å²) in [7, 11) is -0.755. The molecule has 7 heteroatoms. The number of rotatable bonds is 5. The zero-order valence-electron chi connectivity index (χ0n) is 8.11. The molecule has 0 aromatic heterocycles. The van der Waals surface area contributed by atoms with Crippen molar-refractivity contribution in [2.45, 2.75) is 24.4 Å². The molecule has 14 heavy (non-hydrogen) atoms. The lowest BCUT2D eigenvalue weighted by Crippen LogP contribution is -2.48. The Kier molecular flexibility index (Phi) is 4.47. The third-order valence-electron chi connectivity index (χ3n) is 1.55. The summed E-state index contributed by atoms with van der Waals surface area (Å²) in [5.74, 6) is -1.32. The minimum atomic E-state index is -2.13. The predicted octanol–water partition coefficient (Wildman–Crippen LogP) is -3.20. The van der Waals surface area contributed by atoms with E-state index in [0.29, 0.717) is 0 Å². The molecule has 0 unspecified atom stereocenters. The quantitative estimate of drug-likeness (QED) is 0.277. The molecule has 0 aliphatic rings. The molecule has 0 heterocycles. The molecule has 0 aliphatic carbocycles. The Morgan fingerprint density at radius 3 is 2.36 bits per heavy atom. The normalized spacial score (nSPS) is 20.1. The Labute approximate surface area is 80.9 Å². The Balaban J connectivity index is 4.35. The van der Waals surface area contributed by atoms with Gasteiger partial charge in [-0.1, -0.05) is 0 Å². The van der Waals surface area contributed by atoms with Crippen molar-refractivity contribution in [3.05, 3.63) is 0 Å². The summed E-state index contributed by atoms with van der Waals surface area (Å²) in [6, 6.07) is 0. The minimum Gasteiger partial charge on any atom is -0.467 e. The van der Waals surface area contributed by atoms with Crippen molar-refractivity contribution < 1.29 is 36.1 Å². The van der Waals surface area contributed by atoms with Crippen LogP contribution in [0.4, 0.5) is 0 Å². The van der Waals surface area contributed by atoms with Gasteiger partial charge in [-0.15, -0.1) is 0 Å². The van der Waals surface area contributed by atoms with Crippen molar-refractivity contribution in [2.24, 2.45) is 0 Å². The molecule has 0 aromatic carbocycles. The second-order valence-corrected chi connectivity index (χ2v) is 2.52. The van der Waals surface area contributed by atoms with E-state index in [9.17, 15) is 9.59 Å². The van der Waals surface area contributed by atoms with E-state index in [1.807, 2.05) is 0 Å². The van der Waals surface area contributed by atoms with Gasteiger partial charge in [0.25, 0.3) is 0 Å². The van der Waals surface area contributed by atoms with Crippen molar-refractivity contribution in [1.82, 2.24) is 0 Å². The monoisotopic (exact) mass is 209 g/mol. The van der Waals surface area contributed by atoms with Crippen molar-refractivity contribution >= 4 is 12.3 Å². The van der Waals surface area contributed by atoms with Crippen molar-refractivity contribution in [1.29, 1.82) is 0 Å². The van der Waals surface area contributed by atoms with Crippen LogP contribution in [0.2, 0.25) is 0 Å². The summed E-state index contributed by atoms with van der Waals surface area (Å²) >= 11 is 0. The number of aldehydes is 1. The molecule has 4 atom stereocenters. The summed E-state index contributed by atoms with van der Waals surface area (Å²) in [4.78, 5) is 20.8. The molecule has 0 aromatic rings. The maximum atomic E-state index is 10.8. The molecule has 0 bridgehead atoms. The second kappa shape index (κ2) is 5.66. The first-order valence-electron chi connectivity index (χ1n) is 4.29. The number of carbonyl (C=O) groups is 2. The topological polar surface area (TPSA) is 124 Å². The van der Waals surface area contributed by atoms with Crippen LogP contribution in [0.3, 0.4) is 0 Å². The van der Waals surface area contributed by atoms with Gasteiger partial charge >= 0.3 is 5.97 Å². The first-order valence-corrected chi connectivity index (χ1v) is 3.59. The van der Waals surface area contributed by atoms with E-state index in [-0.39, 0.29) is 6.29 Å². The number of aliphatic hydroxyl groups is 4. The van der Waals surface area contributed by atoms with Crippen LogP contribution in [0, 0.1) is 0 Å². The van der Waals surface area contributed by atoms with Crippen molar-refractivity contribution in [3.63, 3.8) is 0 Å². The molecule has 82 valence electrons. The first kappa shape index (κ1) is 11.1. The third kappa shape index (κ3) is 3.04. The molecule has 7 nitrogen and oxygen atoms in total. The van der Waals surface area contributed by atoms with Gasteiger partial charge in [-0.25, -0.2) is 4.79 Å². The average molecular weight is 209 g/mol. The van der Waals surface area contributed by atoms with Crippen molar-refractivity contribution in [3.8, 4) is 0 Å². The third-order valence-corrected chi connectivity index (χ3v) is 1.55. The van der Waals surface area contributed by atoms with Gasteiger partial charge in [-0.3, -0.25) is 0 Å². The van der Waals surface area contributed by atoms with Crippen LogP contribution in [0.5, 0.6) is 0 Å². The molecule has 0 fully saturated rings. The average Bonchev–Trinajstić information content (AvgIpc) is 2.25. The van der Waals surface area contributed by atoms with E-state index < -0.39 is 37.5 Å². The summed E-state index contributed by atoms with van der Waals surface area (Å²) in [5.41, 5.74) is 0. The highest BCUT2D eigenvalue weighted by Gasteiger charge is 2.34. The number of ether oxygens (including phenoxy) is 1.